The number of hydrogen-bond donors (Lipinski definition) is 1. The monoisotopic (exact) mass is 238 g/mol. The molecule has 0 aliphatic heterocycles. The third-order valence-corrected chi connectivity index (χ3v) is 1.96. The third-order valence-electron chi connectivity index (χ3n) is 1.96. The fourth-order valence-corrected chi connectivity index (χ4v) is 1.23. The van der Waals surface area contributed by atoms with Gasteiger partial charge in [0, 0.05) is 12.7 Å². The van der Waals surface area contributed by atoms with Gasteiger partial charge in [0.1, 0.15) is 12.3 Å². The summed E-state index contributed by atoms with van der Waals surface area (Å²) < 4.78 is 5.04. The highest BCUT2D eigenvalue weighted by Crippen LogP contribution is 2.22. The van der Waals surface area contributed by atoms with E-state index in [9.17, 15) is 14.9 Å². The van der Waals surface area contributed by atoms with E-state index in [2.05, 4.69) is 5.32 Å². The Morgan fingerprint density at radius 1 is 1.47 bits per heavy atom. The summed E-state index contributed by atoms with van der Waals surface area (Å²) in [5.41, 5.74) is 0.0546. The lowest BCUT2D eigenvalue weighted by molar-refractivity contribution is -0.383. The minimum Gasteiger partial charge on any atom is -0.372 e. The first-order chi connectivity index (χ1) is 8.15. The lowest BCUT2D eigenvalue weighted by Gasteiger charge is -2.05. The van der Waals surface area contributed by atoms with Crippen LogP contribution in [0.25, 0.3) is 0 Å². The minimum absolute atomic E-state index is 0.0973. The van der Waals surface area contributed by atoms with Crippen LogP contribution in [-0.2, 0) is 9.53 Å². The number of para-hydroxylation sites is 2. The van der Waals surface area contributed by atoms with Gasteiger partial charge in [-0.15, -0.1) is 0 Å². The van der Waals surface area contributed by atoms with Crippen molar-refractivity contribution in [3.05, 3.63) is 34.4 Å². The summed E-state index contributed by atoms with van der Waals surface area (Å²) in [7, 11) is 0. The molecule has 0 unspecified atom stereocenters. The number of amides is 1. The van der Waals surface area contributed by atoms with Crippen LogP contribution in [0.3, 0.4) is 0 Å². The summed E-state index contributed by atoms with van der Waals surface area (Å²) in [6.07, 6.45) is 0.818. The average Bonchev–Trinajstić information content (AvgIpc) is 2.29. The quantitative estimate of drug-likeness (QED) is 0.466. The van der Waals surface area contributed by atoms with Gasteiger partial charge in [-0.3, -0.25) is 14.9 Å². The zero-order valence-corrected chi connectivity index (χ0v) is 9.51. The van der Waals surface area contributed by atoms with Crippen LogP contribution in [0.1, 0.15) is 13.3 Å². The zero-order chi connectivity index (χ0) is 12.7. The first-order valence-electron chi connectivity index (χ1n) is 5.26. The first kappa shape index (κ1) is 13.1. The maximum atomic E-state index is 11.4. The van der Waals surface area contributed by atoms with Crippen LogP contribution in [0, 0.1) is 10.1 Å². The maximum absolute atomic E-state index is 11.4. The van der Waals surface area contributed by atoms with Crippen LogP contribution in [0.2, 0.25) is 0 Å². The smallest absolute Gasteiger partial charge is 0.292 e. The van der Waals surface area contributed by atoms with Gasteiger partial charge >= 0.3 is 0 Å². The molecule has 1 aromatic rings. The molecule has 0 fully saturated rings. The molecule has 17 heavy (non-hydrogen) atoms. The van der Waals surface area contributed by atoms with Crippen LogP contribution in [0.5, 0.6) is 0 Å². The Kier molecular flexibility index (Phi) is 5.09. The normalized spacial score (nSPS) is 9.94. The number of anilines is 1. The fourth-order valence-electron chi connectivity index (χ4n) is 1.23. The van der Waals surface area contributed by atoms with E-state index >= 15 is 0 Å². The first-order valence-corrected chi connectivity index (χ1v) is 5.26. The van der Waals surface area contributed by atoms with E-state index in [1.54, 1.807) is 12.1 Å². The molecule has 0 aliphatic carbocycles. The summed E-state index contributed by atoms with van der Waals surface area (Å²) in [6, 6.07) is 5.98. The molecule has 0 aliphatic rings. The molecule has 0 heterocycles. The second kappa shape index (κ2) is 6.59. The van der Waals surface area contributed by atoms with Crippen molar-refractivity contribution >= 4 is 17.3 Å². The highest BCUT2D eigenvalue weighted by Gasteiger charge is 2.14. The predicted octanol–water partition coefficient (Wildman–Crippen LogP) is 1.96. The molecule has 0 spiro atoms. The van der Waals surface area contributed by atoms with Crippen molar-refractivity contribution in [1.82, 2.24) is 0 Å². The molecule has 1 amide bonds. The minimum atomic E-state index is -0.539. The van der Waals surface area contributed by atoms with E-state index in [0.29, 0.717) is 6.61 Å². The van der Waals surface area contributed by atoms with Crippen LogP contribution in [0.15, 0.2) is 24.3 Å². The molecule has 1 rings (SSSR count). The van der Waals surface area contributed by atoms with Gasteiger partial charge in [-0.05, 0) is 12.5 Å². The van der Waals surface area contributed by atoms with Crippen LogP contribution >= 0.6 is 0 Å². The highest BCUT2D eigenvalue weighted by atomic mass is 16.6. The Labute approximate surface area is 98.7 Å². The Balaban J connectivity index is 2.61. The molecule has 0 saturated heterocycles. The molecule has 0 radical (unpaired) electrons. The zero-order valence-electron chi connectivity index (χ0n) is 9.51. The van der Waals surface area contributed by atoms with Gasteiger partial charge in [-0.2, -0.15) is 0 Å². The van der Waals surface area contributed by atoms with Crippen molar-refractivity contribution in [2.24, 2.45) is 0 Å². The summed E-state index contributed by atoms with van der Waals surface area (Å²) in [6.45, 7) is 2.32. The molecule has 0 bridgehead atoms. The molecule has 6 heteroatoms. The largest absolute Gasteiger partial charge is 0.372 e. The molecule has 6 nitrogen and oxygen atoms in total. The predicted molar refractivity (Wildman–Crippen MR) is 62.8 cm³/mol. The number of carbonyl (C=O) groups is 1. The summed E-state index contributed by atoms with van der Waals surface area (Å²) in [4.78, 5) is 21.6. The number of carbonyl (C=O) groups excluding carboxylic acids is 1. The number of rotatable bonds is 6. The van der Waals surface area contributed by atoms with Crippen molar-refractivity contribution in [1.29, 1.82) is 0 Å². The van der Waals surface area contributed by atoms with Crippen LogP contribution in [-0.4, -0.2) is 24.0 Å². The SMILES string of the molecule is CCCOCC(=O)Nc1ccccc1[N+](=O)[O-]. The van der Waals surface area contributed by atoms with E-state index in [1.165, 1.54) is 12.1 Å². The second-order valence-electron chi connectivity index (χ2n) is 3.38. The van der Waals surface area contributed by atoms with Gasteiger partial charge in [-0.1, -0.05) is 19.1 Å². The Morgan fingerprint density at radius 2 is 2.18 bits per heavy atom. The molecule has 92 valence electrons. The number of nitrogens with one attached hydrogen (secondary N) is 1. The van der Waals surface area contributed by atoms with Crippen molar-refractivity contribution < 1.29 is 14.5 Å². The Hall–Kier alpha value is -1.95. The third kappa shape index (κ3) is 4.20. The van der Waals surface area contributed by atoms with Crippen molar-refractivity contribution in [2.45, 2.75) is 13.3 Å². The lowest BCUT2D eigenvalue weighted by Crippen LogP contribution is -2.19. The molecular formula is C11H14N2O4. The van der Waals surface area contributed by atoms with Crippen LogP contribution in [0.4, 0.5) is 11.4 Å². The van der Waals surface area contributed by atoms with Crippen molar-refractivity contribution in [3.63, 3.8) is 0 Å². The standard InChI is InChI=1S/C11H14N2O4/c1-2-7-17-8-11(14)12-9-5-3-4-6-10(9)13(15)16/h3-6H,2,7-8H2,1H3,(H,12,14). The molecule has 0 aromatic heterocycles. The molecule has 0 atom stereocenters. The van der Waals surface area contributed by atoms with E-state index < -0.39 is 10.8 Å². The number of nitro benzene ring substituents is 1. The number of hydrogen-bond acceptors (Lipinski definition) is 4. The molecule has 1 aromatic carbocycles. The van der Waals surface area contributed by atoms with E-state index in [4.69, 9.17) is 4.74 Å². The van der Waals surface area contributed by atoms with Crippen molar-refractivity contribution in [2.75, 3.05) is 18.5 Å². The van der Waals surface area contributed by atoms with Gasteiger partial charge in [0.15, 0.2) is 0 Å². The summed E-state index contributed by atoms with van der Waals surface area (Å²) in [5.74, 6) is -0.396. The van der Waals surface area contributed by atoms with E-state index in [-0.39, 0.29) is 18.0 Å². The van der Waals surface area contributed by atoms with Gasteiger partial charge in [0.25, 0.3) is 11.6 Å². The summed E-state index contributed by atoms with van der Waals surface area (Å²) >= 11 is 0. The number of benzene rings is 1. The Morgan fingerprint density at radius 3 is 2.82 bits per heavy atom. The second-order valence-corrected chi connectivity index (χ2v) is 3.38. The fraction of sp³-hybridized carbons (Fsp3) is 0.364. The molecule has 0 saturated carbocycles. The molecular weight excluding hydrogens is 224 g/mol. The maximum Gasteiger partial charge on any atom is 0.292 e. The van der Waals surface area contributed by atoms with Crippen molar-refractivity contribution in [3.8, 4) is 0 Å². The number of nitrogens with zero attached hydrogens (tertiary/aromatic N) is 1. The van der Waals surface area contributed by atoms with Gasteiger partial charge < -0.3 is 10.1 Å². The van der Waals surface area contributed by atoms with E-state index in [0.717, 1.165) is 6.42 Å². The highest BCUT2D eigenvalue weighted by molar-refractivity contribution is 5.93. The van der Waals surface area contributed by atoms with Gasteiger partial charge in [-0.25, -0.2) is 0 Å². The summed E-state index contributed by atoms with van der Waals surface area (Å²) in [5, 5.41) is 13.1. The van der Waals surface area contributed by atoms with E-state index in [1.807, 2.05) is 6.92 Å². The van der Waals surface area contributed by atoms with Gasteiger partial charge in [0.05, 0.1) is 4.92 Å². The lowest BCUT2D eigenvalue weighted by atomic mass is 10.2. The van der Waals surface area contributed by atoms with Crippen LogP contribution < -0.4 is 5.32 Å². The van der Waals surface area contributed by atoms with Gasteiger partial charge in [0.2, 0.25) is 0 Å². The number of ether oxygens (including phenoxy) is 1. The topological polar surface area (TPSA) is 81.5 Å². The Bertz CT molecular complexity index is 406. The molecule has 1 N–H and O–H groups in total. The average molecular weight is 238 g/mol. The number of nitro groups is 1.